The van der Waals surface area contributed by atoms with E-state index >= 15 is 0 Å². The second-order valence-corrected chi connectivity index (χ2v) is 9.77. The summed E-state index contributed by atoms with van der Waals surface area (Å²) in [6, 6.07) is 7.39. The van der Waals surface area contributed by atoms with Gasteiger partial charge in [-0.25, -0.2) is 17.2 Å². The molecule has 1 saturated heterocycles. The van der Waals surface area contributed by atoms with Crippen LogP contribution in [-0.4, -0.2) is 26.5 Å². The van der Waals surface area contributed by atoms with Crippen molar-refractivity contribution in [3.05, 3.63) is 59.3 Å². The molecule has 0 spiro atoms. The molecule has 0 bridgehead atoms. The normalized spacial score (nSPS) is 15.8. The van der Waals surface area contributed by atoms with Crippen LogP contribution in [0.2, 0.25) is 5.02 Å². The SMILES string of the molecule is CC1CCN(c2c(S(=O)(=O)c3cc(F)cc(F)c3)cnc3ccc(Cl)cc23)CC1. The number of halogens is 3. The summed E-state index contributed by atoms with van der Waals surface area (Å²) < 4.78 is 54.2. The fourth-order valence-corrected chi connectivity index (χ4v) is 5.34. The van der Waals surface area contributed by atoms with Crippen molar-refractivity contribution in [1.82, 2.24) is 4.98 Å². The zero-order valence-electron chi connectivity index (χ0n) is 15.7. The van der Waals surface area contributed by atoms with Crippen LogP contribution in [-0.2, 0) is 9.84 Å². The van der Waals surface area contributed by atoms with Crippen LogP contribution in [0.5, 0.6) is 0 Å². The minimum absolute atomic E-state index is 0.0770. The Kier molecular flexibility index (Phi) is 5.21. The third kappa shape index (κ3) is 3.81. The summed E-state index contributed by atoms with van der Waals surface area (Å²) in [5.74, 6) is -1.36. The average molecular weight is 437 g/mol. The molecule has 4 nitrogen and oxygen atoms in total. The summed E-state index contributed by atoms with van der Waals surface area (Å²) in [5.41, 5.74) is 1.08. The molecule has 2 heterocycles. The van der Waals surface area contributed by atoms with E-state index in [1.807, 2.05) is 4.90 Å². The largest absolute Gasteiger partial charge is 0.370 e. The van der Waals surface area contributed by atoms with E-state index in [-0.39, 0.29) is 4.90 Å². The zero-order valence-corrected chi connectivity index (χ0v) is 17.3. The molecule has 29 heavy (non-hydrogen) atoms. The minimum atomic E-state index is -4.21. The van der Waals surface area contributed by atoms with Crippen LogP contribution in [0.3, 0.4) is 0 Å². The summed E-state index contributed by atoms with van der Waals surface area (Å²) in [7, 11) is -4.21. The maximum atomic E-state index is 13.7. The highest BCUT2D eigenvalue weighted by Gasteiger charge is 2.29. The summed E-state index contributed by atoms with van der Waals surface area (Å²) in [4.78, 5) is 5.76. The van der Waals surface area contributed by atoms with E-state index in [0.717, 1.165) is 25.0 Å². The standard InChI is InChI=1S/C21H19ClF2N2O2S/c1-13-4-6-26(7-5-13)21-18-8-14(22)2-3-19(18)25-12-20(21)29(27,28)17-10-15(23)9-16(24)11-17/h2-3,8-13H,4-7H2,1H3. The fourth-order valence-electron chi connectivity index (χ4n) is 3.70. The molecule has 3 aromatic rings. The smallest absolute Gasteiger partial charge is 0.210 e. The Balaban J connectivity index is 1.97. The molecule has 0 aliphatic carbocycles. The molecule has 0 N–H and O–H groups in total. The molecule has 1 aromatic heterocycles. The van der Waals surface area contributed by atoms with Gasteiger partial charge in [-0.1, -0.05) is 18.5 Å². The van der Waals surface area contributed by atoms with Gasteiger partial charge in [-0.15, -0.1) is 0 Å². The Hall–Kier alpha value is -2.25. The van der Waals surface area contributed by atoms with E-state index < -0.39 is 26.4 Å². The van der Waals surface area contributed by atoms with Gasteiger partial charge in [-0.05, 0) is 49.1 Å². The number of nitrogens with zero attached hydrogens (tertiary/aromatic N) is 2. The van der Waals surface area contributed by atoms with Gasteiger partial charge in [-0.3, -0.25) is 4.98 Å². The first kappa shape index (κ1) is 20.0. The van der Waals surface area contributed by atoms with Gasteiger partial charge in [-0.2, -0.15) is 0 Å². The average Bonchev–Trinajstić information content (AvgIpc) is 2.67. The van der Waals surface area contributed by atoms with Gasteiger partial charge in [0.25, 0.3) is 0 Å². The van der Waals surface area contributed by atoms with Crippen LogP contribution in [0.25, 0.3) is 10.9 Å². The van der Waals surface area contributed by atoms with Crippen molar-refractivity contribution in [2.24, 2.45) is 5.92 Å². The maximum Gasteiger partial charge on any atom is 0.210 e. The van der Waals surface area contributed by atoms with E-state index in [1.165, 1.54) is 6.20 Å². The van der Waals surface area contributed by atoms with Gasteiger partial charge in [0.1, 0.15) is 16.5 Å². The lowest BCUT2D eigenvalue weighted by Gasteiger charge is -2.34. The van der Waals surface area contributed by atoms with Crippen molar-refractivity contribution < 1.29 is 17.2 Å². The van der Waals surface area contributed by atoms with Crippen molar-refractivity contribution in [1.29, 1.82) is 0 Å². The third-order valence-corrected chi connectivity index (χ3v) is 7.27. The number of pyridine rings is 1. The van der Waals surface area contributed by atoms with Crippen LogP contribution < -0.4 is 4.90 Å². The lowest BCUT2D eigenvalue weighted by Crippen LogP contribution is -2.34. The van der Waals surface area contributed by atoms with E-state index in [9.17, 15) is 17.2 Å². The Bertz CT molecular complexity index is 1170. The van der Waals surface area contributed by atoms with Gasteiger partial charge >= 0.3 is 0 Å². The minimum Gasteiger partial charge on any atom is -0.370 e. The number of hydrogen-bond donors (Lipinski definition) is 0. The van der Waals surface area contributed by atoms with Crippen LogP contribution in [0.4, 0.5) is 14.5 Å². The first-order valence-electron chi connectivity index (χ1n) is 9.30. The van der Waals surface area contributed by atoms with E-state index in [4.69, 9.17) is 11.6 Å². The molecule has 1 aliphatic rings. The van der Waals surface area contributed by atoms with Crippen LogP contribution >= 0.6 is 11.6 Å². The van der Waals surface area contributed by atoms with Crippen molar-refractivity contribution in [2.75, 3.05) is 18.0 Å². The van der Waals surface area contributed by atoms with Crippen molar-refractivity contribution in [2.45, 2.75) is 29.6 Å². The monoisotopic (exact) mass is 436 g/mol. The topological polar surface area (TPSA) is 50.3 Å². The van der Waals surface area contributed by atoms with Crippen molar-refractivity contribution >= 4 is 38.0 Å². The molecule has 0 unspecified atom stereocenters. The molecule has 152 valence electrons. The van der Waals surface area contributed by atoms with E-state index in [1.54, 1.807) is 18.2 Å². The number of benzene rings is 2. The van der Waals surface area contributed by atoms with Crippen molar-refractivity contribution in [3.8, 4) is 0 Å². The Morgan fingerprint density at radius 2 is 1.72 bits per heavy atom. The van der Waals surface area contributed by atoms with Crippen LogP contribution in [0, 0.1) is 17.6 Å². The summed E-state index contributed by atoms with van der Waals surface area (Å²) in [5, 5.41) is 1.06. The number of hydrogen-bond acceptors (Lipinski definition) is 4. The fraction of sp³-hybridized carbons (Fsp3) is 0.286. The zero-order chi connectivity index (χ0) is 20.8. The third-order valence-electron chi connectivity index (χ3n) is 5.30. The molecular formula is C21H19ClF2N2O2S. The van der Waals surface area contributed by atoms with Gasteiger partial charge in [0, 0.05) is 35.8 Å². The lowest BCUT2D eigenvalue weighted by atomic mass is 9.98. The Labute approximate surface area is 173 Å². The molecule has 0 saturated carbocycles. The number of sulfone groups is 1. The van der Waals surface area contributed by atoms with Gasteiger partial charge in [0.05, 0.1) is 16.1 Å². The molecule has 1 aliphatic heterocycles. The molecule has 8 heteroatoms. The molecule has 4 rings (SSSR count). The molecule has 0 atom stereocenters. The summed E-state index contributed by atoms with van der Waals surface area (Å²) in [6.45, 7) is 3.51. The van der Waals surface area contributed by atoms with Gasteiger partial charge in [0.15, 0.2) is 0 Å². The Morgan fingerprint density at radius 3 is 2.38 bits per heavy atom. The van der Waals surface area contributed by atoms with Crippen molar-refractivity contribution in [3.63, 3.8) is 0 Å². The highest BCUT2D eigenvalue weighted by atomic mass is 35.5. The first-order chi connectivity index (χ1) is 13.8. The quantitative estimate of drug-likeness (QED) is 0.563. The van der Waals surface area contributed by atoms with Gasteiger partial charge < -0.3 is 4.90 Å². The predicted octanol–water partition coefficient (Wildman–Crippen LogP) is 5.24. The molecule has 2 aromatic carbocycles. The number of rotatable bonds is 3. The second-order valence-electron chi connectivity index (χ2n) is 7.41. The number of anilines is 1. The molecular weight excluding hydrogens is 418 g/mol. The number of piperidine rings is 1. The number of fused-ring (bicyclic) bond motifs is 1. The first-order valence-corrected chi connectivity index (χ1v) is 11.2. The van der Waals surface area contributed by atoms with Crippen LogP contribution in [0.15, 0.2) is 52.4 Å². The lowest BCUT2D eigenvalue weighted by molar-refractivity contribution is 0.437. The summed E-state index contributed by atoms with van der Waals surface area (Å²) >= 11 is 6.18. The molecule has 0 amide bonds. The van der Waals surface area contributed by atoms with E-state index in [2.05, 4.69) is 11.9 Å². The van der Waals surface area contributed by atoms with E-state index in [0.29, 0.717) is 46.7 Å². The highest BCUT2D eigenvalue weighted by molar-refractivity contribution is 7.91. The molecule has 0 radical (unpaired) electrons. The second kappa shape index (κ2) is 7.54. The van der Waals surface area contributed by atoms with Gasteiger partial charge in [0.2, 0.25) is 9.84 Å². The Morgan fingerprint density at radius 1 is 1.07 bits per heavy atom. The number of aromatic nitrogens is 1. The van der Waals surface area contributed by atoms with Crippen LogP contribution in [0.1, 0.15) is 19.8 Å². The predicted molar refractivity (Wildman–Crippen MR) is 109 cm³/mol. The molecule has 1 fully saturated rings. The summed E-state index contributed by atoms with van der Waals surface area (Å²) in [6.07, 6.45) is 3.10. The highest BCUT2D eigenvalue weighted by Crippen LogP contribution is 2.38. The maximum absolute atomic E-state index is 13.7.